The van der Waals surface area contributed by atoms with E-state index in [0.717, 1.165) is 11.3 Å². The van der Waals surface area contributed by atoms with Crippen LogP contribution < -0.4 is 0 Å². The Kier molecular flexibility index (Phi) is 4.38. The molecular weight excluding hydrogens is 124 g/mol. The molecule has 0 heterocycles. The minimum atomic E-state index is 0.873. The second-order valence-electron chi connectivity index (χ2n) is 1.96. The highest BCUT2D eigenvalue weighted by molar-refractivity contribution is 5.25. The lowest BCUT2D eigenvalue weighted by molar-refractivity contribution is 0.303. The van der Waals surface area contributed by atoms with Crippen molar-refractivity contribution in [3.63, 3.8) is 0 Å². The largest absolute Gasteiger partial charge is 0.497 e. The fraction of sp³-hybridized carbons (Fsp3) is 0.333. The maximum atomic E-state index is 5.06. The molecule has 0 spiro atoms. The molecule has 0 saturated heterocycles. The minimum Gasteiger partial charge on any atom is -0.497 e. The Bertz CT molecular complexity index is 164. The number of allylic oxidation sites excluding steroid dienone is 4. The van der Waals surface area contributed by atoms with Gasteiger partial charge in [0.2, 0.25) is 0 Å². The first-order valence-corrected chi connectivity index (χ1v) is 3.26. The summed E-state index contributed by atoms with van der Waals surface area (Å²) in [6, 6.07) is 0. The van der Waals surface area contributed by atoms with Gasteiger partial charge in [0.25, 0.3) is 0 Å². The Labute approximate surface area is 62.7 Å². The standard InChI is InChI=1S/C9H14O/c1-5-7-9(10-4)8(3)6-2/h5-7H,2H2,1,3-4H3/b7-5-,9-8+. The number of hydrogen-bond donors (Lipinski definition) is 0. The van der Waals surface area contributed by atoms with Crippen LogP contribution in [-0.2, 0) is 4.74 Å². The number of ether oxygens (including phenoxy) is 1. The maximum absolute atomic E-state index is 5.06. The zero-order valence-electron chi connectivity index (χ0n) is 6.85. The molecule has 0 unspecified atom stereocenters. The van der Waals surface area contributed by atoms with Crippen molar-refractivity contribution in [3.05, 3.63) is 36.1 Å². The summed E-state index contributed by atoms with van der Waals surface area (Å²) in [5.41, 5.74) is 1.06. The van der Waals surface area contributed by atoms with E-state index in [9.17, 15) is 0 Å². The van der Waals surface area contributed by atoms with Gasteiger partial charge in [0.1, 0.15) is 5.76 Å². The van der Waals surface area contributed by atoms with Crippen molar-refractivity contribution in [2.24, 2.45) is 0 Å². The summed E-state index contributed by atoms with van der Waals surface area (Å²) >= 11 is 0. The Balaban J connectivity index is 4.44. The van der Waals surface area contributed by atoms with Gasteiger partial charge in [0, 0.05) is 0 Å². The van der Waals surface area contributed by atoms with Gasteiger partial charge in [-0.3, -0.25) is 0 Å². The molecule has 0 aliphatic carbocycles. The molecule has 0 aliphatic heterocycles. The predicted molar refractivity (Wildman–Crippen MR) is 44.7 cm³/mol. The third-order valence-electron chi connectivity index (χ3n) is 1.23. The van der Waals surface area contributed by atoms with Crippen molar-refractivity contribution in [2.45, 2.75) is 13.8 Å². The number of rotatable bonds is 3. The topological polar surface area (TPSA) is 9.23 Å². The lowest BCUT2D eigenvalue weighted by Crippen LogP contribution is -1.84. The first-order valence-electron chi connectivity index (χ1n) is 3.26. The van der Waals surface area contributed by atoms with E-state index in [0.29, 0.717) is 0 Å². The molecule has 0 aliphatic rings. The van der Waals surface area contributed by atoms with Gasteiger partial charge >= 0.3 is 0 Å². The van der Waals surface area contributed by atoms with E-state index in [1.54, 1.807) is 13.2 Å². The van der Waals surface area contributed by atoms with E-state index in [1.807, 2.05) is 26.0 Å². The summed E-state index contributed by atoms with van der Waals surface area (Å²) in [6.07, 6.45) is 5.63. The predicted octanol–water partition coefficient (Wildman–Crippen LogP) is 2.67. The average molecular weight is 138 g/mol. The normalized spacial score (nSPS) is 13.1. The van der Waals surface area contributed by atoms with E-state index >= 15 is 0 Å². The number of hydrogen-bond acceptors (Lipinski definition) is 1. The minimum absolute atomic E-state index is 0.873. The van der Waals surface area contributed by atoms with Gasteiger partial charge in [-0.2, -0.15) is 0 Å². The van der Waals surface area contributed by atoms with Gasteiger partial charge in [0.05, 0.1) is 7.11 Å². The van der Waals surface area contributed by atoms with E-state index < -0.39 is 0 Å². The van der Waals surface area contributed by atoms with Crippen molar-refractivity contribution in [2.75, 3.05) is 7.11 Å². The van der Waals surface area contributed by atoms with Crippen LogP contribution in [0.5, 0.6) is 0 Å². The van der Waals surface area contributed by atoms with Gasteiger partial charge in [-0.1, -0.05) is 18.7 Å². The molecule has 0 N–H and O–H groups in total. The third-order valence-corrected chi connectivity index (χ3v) is 1.23. The Morgan fingerprint density at radius 1 is 1.50 bits per heavy atom. The van der Waals surface area contributed by atoms with E-state index in [2.05, 4.69) is 6.58 Å². The molecule has 1 nitrogen and oxygen atoms in total. The fourth-order valence-corrected chi connectivity index (χ4v) is 0.612. The molecule has 0 fully saturated rings. The molecule has 0 atom stereocenters. The summed E-state index contributed by atoms with van der Waals surface area (Å²) < 4.78 is 5.06. The van der Waals surface area contributed by atoms with Crippen LogP contribution in [-0.4, -0.2) is 7.11 Å². The summed E-state index contributed by atoms with van der Waals surface area (Å²) in [4.78, 5) is 0. The summed E-state index contributed by atoms with van der Waals surface area (Å²) in [7, 11) is 1.66. The molecule has 0 aromatic heterocycles. The summed E-state index contributed by atoms with van der Waals surface area (Å²) in [5, 5.41) is 0. The van der Waals surface area contributed by atoms with Crippen LogP contribution in [0.15, 0.2) is 36.1 Å². The molecule has 0 bridgehead atoms. The molecule has 0 saturated carbocycles. The summed E-state index contributed by atoms with van der Waals surface area (Å²) in [6.45, 7) is 7.56. The molecule has 0 amide bonds. The van der Waals surface area contributed by atoms with E-state index in [-0.39, 0.29) is 0 Å². The monoisotopic (exact) mass is 138 g/mol. The zero-order valence-corrected chi connectivity index (χ0v) is 6.85. The van der Waals surface area contributed by atoms with Crippen LogP contribution in [0.4, 0.5) is 0 Å². The molecule has 1 heteroatoms. The lowest BCUT2D eigenvalue weighted by atomic mass is 10.2. The number of methoxy groups -OCH3 is 1. The highest BCUT2D eigenvalue weighted by atomic mass is 16.5. The molecule has 0 aromatic carbocycles. The molecule has 0 rings (SSSR count). The highest BCUT2D eigenvalue weighted by Crippen LogP contribution is 2.06. The molecule has 0 radical (unpaired) electrons. The first-order chi connectivity index (χ1) is 4.76. The van der Waals surface area contributed by atoms with Crippen molar-refractivity contribution < 1.29 is 4.74 Å². The van der Waals surface area contributed by atoms with Gasteiger partial charge < -0.3 is 4.74 Å². The molecular formula is C9H14O. The SMILES string of the molecule is C=C/C(C)=C(\C=C/C)OC. The maximum Gasteiger partial charge on any atom is 0.121 e. The van der Waals surface area contributed by atoms with Gasteiger partial charge in [-0.05, 0) is 25.5 Å². The molecule has 10 heavy (non-hydrogen) atoms. The molecule has 0 aromatic rings. The third kappa shape index (κ3) is 2.53. The van der Waals surface area contributed by atoms with Crippen LogP contribution in [0.2, 0.25) is 0 Å². The van der Waals surface area contributed by atoms with E-state index in [1.165, 1.54) is 0 Å². The van der Waals surface area contributed by atoms with Crippen molar-refractivity contribution in [1.82, 2.24) is 0 Å². The highest BCUT2D eigenvalue weighted by Gasteiger charge is 1.91. The van der Waals surface area contributed by atoms with Crippen LogP contribution in [0.25, 0.3) is 0 Å². The Hall–Kier alpha value is -0.980. The van der Waals surface area contributed by atoms with Gasteiger partial charge in [0.15, 0.2) is 0 Å². The van der Waals surface area contributed by atoms with Crippen LogP contribution >= 0.6 is 0 Å². The lowest BCUT2D eigenvalue weighted by Gasteiger charge is -2.01. The second-order valence-corrected chi connectivity index (χ2v) is 1.96. The Morgan fingerprint density at radius 3 is 2.40 bits per heavy atom. The van der Waals surface area contributed by atoms with Crippen LogP contribution in [0.3, 0.4) is 0 Å². The molecule has 56 valence electrons. The van der Waals surface area contributed by atoms with Crippen molar-refractivity contribution in [3.8, 4) is 0 Å². The van der Waals surface area contributed by atoms with Crippen molar-refractivity contribution in [1.29, 1.82) is 0 Å². The second kappa shape index (κ2) is 4.86. The fourth-order valence-electron chi connectivity index (χ4n) is 0.612. The average Bonchev–Trinajstić information content (AvgIpc) is 1.99. The Morgan fingerprint density at radius 2 is 2.10 bits per heavy atom. The van der Waals surface area contributed by atoms with Crippen LogP contribution in [0.1, 0.15) is 13.8 Å². The first kappa shape index (κ1) is 9.02. The van der Waals surface area contributed by atoms with Crippen LogP contribution in [0, 0.1) is 0 Å². The van der Waals surface area contributed by atoms with Gasteiger partial charge in [-0.15, -0.1) is 0 Å². The van der Waals surface area contributed by atoms with E-state index in [4.69, 9.17) is 4.74 Å². The van der Waals surface area contributed by atoms with Gasteiger partial charge in [-0.25, -0.2) is 0 Å². The zero-order chi connectivity index (χ0) is 7.98. The smallest absolute Gasteiger partial charge is 0.121 e. The summed E-state index contributed by atoms with van der Waals surface area (Å²) in [5.74, 6) is 0.873. The quantitative estimate of drug-likeness (QED) is 0.430. The van der Waals surface area contributed by atoms with Crippen molar-refractivity contribution >= 4 is 0 Å².